The van der Waals surface area contributed by atoms with Crippen LogP contribution in [0.5, 0.6) is 0 Å². The Morgan fingerprint density at radius 3 is 2.50 bits per heavy atom. The zero-order chi connectivity index (χ0) is 29.6. The maximum atomic E-state index is 14.0. The number of rotatable bonds is 6. The van der Waals surface area contributed by atoms with Gasteiger partial charge in [-0.05, 0) is 37.1 Å². The number of aryl methyl sites for hydroxylation is 1. The summed E-state index contributed by atoms with van der Waals surface area (Å²) >= 11 is 0. The quantitative estimate of drug-likeness (QED) is 0.373. The first-order valence-corrected chi connectivity index (χ1v) is 13.4. The summed E-state index contributed by atoms with van der Waals surface area (Å²) < 4.78 is 40.3. The Hall–Kier alpha value is -4.75. The fourth-order valence-electron chi connectivity index (χ4n) is 5.82. The van der Waals surface area contributed by atoms with Gasteiger partial charge in [0.15, 0.2) is 17.1 Å². The van der Waals surface area contributed by atoms with Crippen LogP contribution in [-0.2, 0) is 29.2 Å². The molecule has 4 aromatic rings. The lowest BCUT2D eigenvalue weighted by molar-refractivity contribution is -0.141. The van der Waals surface area contributed by atoms with Crippen LogP contribution in [-0.4, -0.2) is 84.2 Å². The number of piperidine rings is 1. The van der Waals surface area contributed by atoms with Gasteiger partial charge in [-0.1, -0.05) is 18.2 Å². The molecular weight excluding hydrogens is 553 g/mol. The molecule has 0 radical (unpaired) electrons. The third-order valence-corrected chi connectivity index (χ3v) is 8.01. The molecule has 5 heterocycles. The Morgan fingerprint density at radius 2 is 1.81 bits per heavy atom. The van der Waals surface area contributed by atoms with E-state index in [1.807, 2.05) is 35.2 Å². The summed E-state index contributed by atoms with van der Waals surface area (Å²) in [4.78, 5) is 49.6. The highest BCUT2D eigenvalue weighted by Gasteiger charge is 2.54. The van der Waals surface area contributed by atoms with E-state index in [1.165, 1.54) is 18.1 Å². The van der Waals surface area contributed by atoms with Gasteiger partial charge in [-0.25, -0.2) is 4.98 Å². The van der Waals surface area contributed by atoms with Crippen LogP contribution in [0.25, 0.3) is 11.0 Å². The molecule has 0 atom stereocenters. The fraction of sp³-hybridized carbons (Fsp3) is 0.357. The molecule has 11 nitrogen and oxygen atoms in total. The zero-order valence-electron chi connectivity index (χ0n) is 22.6. The molecule has 2 fully saturated rings. The number of hydrogen-bond donors (Lipinski definition) is 1. The van der Waals surface area contributed by atoms with Crippen LogP contribution in [0.15, 0.2) is 54.9 Å². The van der Waals surface area contributed by atoms with E-state index in [4.69, 9.17) is 0 Å². The average Bonchev–Trinajstić information content (AvgIpc) is 3.66. The number of pyridine rings is 1. The SMILES string of the molecule is Cn1nc(C(F)(F)F)cc1CC(=O)CN1CN(c2ccccc2)C2(CCN(C(=O)c3cnc4[nH]ncc4c3)CC2)C1=O. The molecule has 2 aliphatic heterocycles. The summed E-state index contributed by atoms with van der Waals surface area (Å²) in [7, 11) is 1.35. The second-order valence-electron chi connectivity index (χ2n) is 10.6. The molecule has 2 saturated heterocycles. The summed E-state index contributed by atoms with van der Waals surface area (Å²) in [6.45, 7) is 0.515. The second kappa shape index (κ2) is 10.3. The van der Waals surface area contributed by atoms with Crippen LogP contribution in [0.4, 0.5) is 18.9 Å². The highest BCUT2D eigenvalue weighted by molar-refractivity contribution is 5.99. The smallest absolute Gasteiger partial charge is 0.339 e. The van der Waals surface area contributed by atoms with Crippen molar-refractivity contribution < 1.29 is 27.6 Å². The zero-order valence-corrected chi connectivity index (χ0v) is 22.6. The molecule has 0 unspecified atom stereocenters. The molecule has 6 rings (SSSR count). The van der Waals surface area contributed by atoms with E-state index >= 15 is 0 Å². The largest absolute Gasteiger partial charge is 0.435 e. The van der Waals surface area contributed by atoms with Gasteiger partial charge >= 0.3 is 6.18 Å². The number of fused-ring (bicyclic) bond motifs is 1. The third kappa shape index (κ3) is 4.86. The van der Waals surface area contributed by atoms with E-state index in [1.54, 1.807) is 17.2 Å². The number of aromatic nitrogens is 5. The first kappa shape index (κ1) is 27.4. The van der Waals surface area contributed by atoms with Crippen LogP contribution in [0, 0.1) is 0 Å². The molecule has 0 bridgehead atoms. The number of halogens is 3. The number of hydrogen-bond acceptors (Lipinski definition) is 7. The Labute approximate surface area is 237 Å². The molecule has 3 aromatic heterocycles. The maximum Gasteiger partial charge on any atom is 0.435 e. The van der Waals surface area contributed by atoms with Crippen molar-refractivity contribution in [3.8, 4) is 0 Å². The third-order valence-electron chi connectivity index (χ3n) is 8.01. The van der Waals surface area contributed by atoms with Gasteiger partial charge in [-0.15, -0.1) is 0 Å². The molecule has 2 amide bonds. The van der Waals surface area contributed by atoms with Crippen LogP contribution in [0.3, 0.4) is 0 Å². The normalized spacial score (nSPS) is 17.0. The molecule has 2 aliphatic rings. The summed E-state index contributed by atoms with van der Waals surface area (Å²) in [6.07, 6.45) is -1.13. The van der Waals surface area contributed by atoms with Gasteiger partial charge in [-0.2, -0.15) is 23.4 Å². The van der Waals surface area contributed by atoms with Crippen molar-refractivity contribution in [1.82, 2.24) is 34.8 Å². The number of nitrogens with zero attached hydrogens (tertiary/aromatic N) is 7. The molecule has 1 aromatic carbocycles. The number of benzene rings is 1. The van der Waals surface area contributed by atoms with Crippen molar-refractivity contribution in [3.05, 3.63) is 71.8 Å². The molecule has 1 spiro atoms. The standard InChI is InChI=1S/C28H27F3N8O3/c1-36-21(13-23(35-36)28(29,30)31)12-22(40)16-38-17-39(20-5-3-2-4-6-20)27(26(38)42)7-9-37(10-8-27)25(41)19-11-18-15-33-34-24(18)32-14-19/h2-6,11,13-15H,7-10,12,16-17H2,1H3,(H,32,33,34). The topological polar surface area (TPSA) is 120 Å². The predicted molar refractivity (Wildman–Crippen MR) is 144 cm³/mol. The van der Waals surface area contributed by atoms with Crippen molar-refractivity contribution >= 4 is 34.3 Å². The van der Waals surface area contributed by atoms with Crippen molar-refractivity contribution in [1.29, 1.82) is 0 Å². The van der Waals surface area contributed by atoms with Crippen LogP contribution in [0.1, 0.15) is 34.6 Å². The molecule has 0 aliphatic carbocycles. The van der Waals surface area contributed by atoms with E-state index in [0.29, 0.717) is 37.1 Å². The fourth-order valence-corrected chi connectivity index (χ4v) is 5.82. The minimum atomic E-state index is -4.62. The number of carbonyl (C=O) groups excluding carboxylic acids is 3. The predicted octanol–water partition coefficient (Wildman–Crippen LogP) is 2.80. The van der Waals surface area contributed by atoms with Gasteiger partial charge in [0.2, 0.25) is 5.91 Å². The Morgan fingerprint density at radius 1 is 1.07 bits per heavy atom. The van der Waals surface area contributed by atoms with Gasteiger partial charge in [-0.3, -0.25) is 24.2 Å². The molecule has 218 valence electrons. The number of carbonyl (C=O) groups is 3. The minimum Gasteiger partial charge on any atom is -0.339 e. The number of ketones is 1. The highest BCUT2D eigenvalue weighted by Crippen LogP contribution is 2.40. The number of alkyl halides is 3. The minimum absolute atomic E-state index is 0.114. The number of aromatic amines is 1. The van der Waals surface area contributed by atoms with Gasteiger partial charge in [0.25, 0.3) is 5.91 Å². The Bertz CT molecular complexity index is 1660. The summed E-state index contributed by atoms with van der Waals surface area (Å²) in [5.74, 6) is -0.840. The highest BCUT2D eigenvalue weighted by atomic mass is 19.4. The second-order valence-corrected chi connectivity index (χ2v) is 10.6. The Kier molecular flexibility index (Phi) is 6.70. The number of nitrogens with one attached hydrogen (secondary N) is 1. The average molecular weight is 581 g/mol. The molecule has 42 heavy (non-hydrogen) atoms. The monoisotopic (exact) mass is 580 g/mol. The number of likely N-dealkylation sites (tertiary alicyclic amines) is 1. The first-order valence-electron chi connectivity index (χ1n) is 13.4. The van der Waals surface area contributed by atoms with Gasteiger partial charge in [0, 0.05) is 43.1 Å². The van der Waals surface area contributed by atoms with E-state index in [2.05, 4.69) is 20.3 Å². The summed E-state index contributed by atoms with van der Waals surface area (Å²) in [5.41, 5.74) is -0.117. The number of para-hydroxylation sites is 1. The van der Waals surface area contributed by atoms with E-state index in [-0.39, 0.29) is 37.1 Å². The van der Waals surface area contributed by atoms with E-state index < -0.39 is 23.2 Å². The van der Waals surface area contributed by atoms with Crippen LogP contribution in [0.2, 0.25) is 0 Å². The number of anilines is 1. The summed E-state index contributed by atoms with van der Waals surface area (Å²) in [5, 5.41) is 10.9. The lowest BCUT2D eigenvalue weighted by Crippen LogP contribution is -2.57. The van der Waals surface area contributed by atoms with Gasteiger partial charge in [0.05, 0.1) is 31.4 Å². The van der Waals surface area contributed by atoms with Crippen molar-refractivity contribution in [2.24, 2.45) is 7.05 Å². The maximum absolute atomic E-state index is 14.0. The number of amides is 2. The van der Waals surface area contributed by atoms with Gasteiger partial charge in [0.1, 0.15) is 5.54 Å². The van der Waals surface area contributed by atoms with Crippen LogP contribution >= 0.6 is 0 Å². The van der Waals surface area contributed by atoms with Crippen molar-refractivity contribution in [3.63, 3.8) is 0 Å². The Balaban J connectivity index is 1.19. The summed E-state index contributed by atoms with van der Waals surface area (Å²) in [6, 6.07) is 11.9. The van der Waals surface area contributed by atoms with Gasteiger partial charge < -0.3 is 14.7 Å². The van der Waals surface area contributed by atoms with E-state index in [0.717, 1.165) is 21.8 Å². The lowest BCUT2D eigenvalue weighted by Gasteiger charge is -2.43. The number of Topliss-reactive ketones (excluding diaryl/α,β-unsaturated/α-hetero) is 1. The van der Waals surface area contributed by atoms with Crippen molar-refractivity contribution in [2.75, 3.05) is 31.2 Å². The van der Waals surface area contributed by atoms with E-state index in [9.17, 15) is 27.6 Å². The number of H-pyrrole nitrogens is 1. The first-order chi connectivity index (χ1) is 20.0. The lowest BCUT2D eigenvalue weighted by atomic mass is 9.85. The molecule has 14 heteroatoms. The molecule has 0 saturated carbocycles. The van der Waals surface area contributed by atoms with Crippen LogP contribution < -0.4 is 4.90 Å². The molecular formula is C28H27F3N8O3. The molecule has 1 N–H and O–H groups in total. The van der Waals surface area contributed by atoms with Crippen molar-refractivity contribution in [2.45, 2.75) is 31.0 Å².